The van der Waals surface area contributed by atoms with Crippen molar-refractivity contribution in [2.75, 3.05) is 6.54 Å². The summed E-state index contributed by atoms with van der Waals surface area (Å²) in [7, 11) is 0. The summed E-state index contributed by atoms with van der Waals surface area (Å²) in [4.78, 5) is 14.8. The van der Waals surface area contributed by atoms with E-state index in [4.69, 9.17) is 0 Å². The predicted molar refractivity (Wildman–Crippen MR) is 79.1 cm³/mol. The van der Waals surface area contributed by atoms with Gasteiger partial charge in [-0.15, -0.1) is 11.3 Å². The molecule has 2 nitrogen and oxygen atoms in total. The average Bonchev–Trinajstić information content (AvgIpc) is 2.99. The quantitative estimate of drug-likeness (QED) is 0.764. The molecule has 0 unspecified atom stereocenters. The summed E-state index contributed by atoms with van der Waals surface area (Å²) in [5, 5.41) is 2.09. The van der Waals surface area contributed by atoms with Gasteiger partial charge in [-0.1, -0.05) is 24.8 Å². The number of rotatable bonds is 2. The Morgan fingerprint density at radius 1 is 1.32 bits per heavy atom. The minimum atomic E-state index is 0.0205. The number of hydrogen-bond donors (Lipinski definition) is 0. The molecule has 0 fully saturated rings. The molecule has 19 heavy (non-hydrogen) atoms. The molecule has 1 amide bonds. The second kappa shape index (κ2) is 5.02. The summed E-state index contributed by atoms with van der Waals surface area (Å²) in [6.45, 7) is 5.04. The second-order valence-electron chi connectivity index (χ2n) is 4.67. The topological polar surface area (TPSA) is 20.3 Å². The summed E-state index contributed by atoms with van der Waals surface area (Å²) < 4.78 is 0. The summed E-state index contributed by atoms with van der Waals surface area (Å²) >= 11 is 1.74. The first-order valence-corrected chi connectivity index (χ1v) is 7.23. The van der Waals surface area contributed by atoms with E-state index in [2.05, 4.69) is 42.3 Å². The van der Waals surface area contributed by atoms with Crippen molar-refractivity contribution in [1.29, 1.82) is 0 Å². The third kappa shape index (κ3) is 2.34. The Kier molecular flexibility index (Phi) is 3.22. The van der Waals surface area contributed by atoms with E-state index in [1.165, 1.54) is 27.6 Å². The zero-order valence-electron chi connectivity index (χ0n) is 10.6. The molecule has 2 aromatic rings. The highest BCUT2D eigenvalue weighted by molar-refractivity contribution is 7.13. The SMILES string of the molecule is C=CC(=O)N1CCc2ccc(-c3cccs3)cc2C1. The Morgan fingerprint density at radius 2 is 2.21 bits per heavy atom. The summed E-state index contributed by atoms with van der Waals surface area (Å²) in [5.74, 6) is 0.0205. The van der Waals surface area contributed by atoms with E-state index in [0.29, 0.717) is 6.54 Å². The van der Waals surface area contributed by atoms with Gasteiger partial charge in [0.05, 0.1) is 0 Å². The molecule has 0 radical (unpaired) electrons. The van der Waals surface area contributed by atoms with Crippen LogP contribution in [0.2, 0.25) is 0 Å². The van der Waals surface area contributed by atoms with Gasteiger partial charge in [-0.25, -0.2) is 0 Å². The first-order chi connectivity index (χ1) is 9.28. The lowest BCUT2D eigenvalue weighted by atomic mass is 9.97. The van der Waals surface area contributed by atoms with Gasteiger partial charge in [-0.3, -0.25) is 4.79 Å². The van der Waals surface area contributed by atoms with Crippen molar-refractivity contribution in [2.45, 2.75) is 13.0 Å². The van der Waals surface area contributed by atoms with E-state index in [0.717, 1.165) is 13.0 Å². The van der Waals surface area contributed by atoms with E-state index >= 15 is 0 Å². The van der Waals surface area contributed by atoms with Crippen molar-refractivity contribution in [3.05, 3.63) is 59.5 Å². The van der Waals surface area contributed by atoms with Gasteiger partial charge in [0, 0.05) is 18.0 Å². The molecule has 96 valence electrons. The Labute approximate surface area is 117 Å². The fourth-order valence-electron chi connectivity index (χ4n) is 2.47. The van der Waals surface area contributed by atoms with Crippen molar-refractivity contribution in [3.63, 3.8) is 0 Å². The Bertz CT molecular complexity index is 616. The lowest BCUT2D eigenvalue weighted by Gasteiger charge is -2.28. The fourth-order valence-corrected chi connectivity index (χ4v) is 3.19. The maximum absolute atomic E-state index is 11.7. The zero-order chi connectivity index (χ0) is 13.2. The van der Waals surface area contributed by atoms with Crippen LogP contribution in [0.4, 0.5) is 0 Å². The van der Waals surface area contributed by atoms with Crippen molar-refractivity contribution in [3.8, 4) is 10.4 Å². The molecule has 0 saturated heterocycles. The molecule has 0 spiro atoms. The lowest BCUT2D eigenvalue weighted by Crippen LogP contribution is -2.34. The van der Waals surface area contributed by atoms with E-state index in [1.807, 2.05) is 4.90 Å². The van der Waals surface area contributed by atoms with E-state index in [1.54, 1.807) is 11.3 Å². The van der Waals surface area contributed by atoms with Crippen LogP contribution in [0, 0.1) is 0 Å². The highest BCUT2D eigenvalue weighted by Gasteiger charge is 2.19. The maximum atomic E-state index is 11.7. The van der Waals surface area contributed by atoms with Gasteiger partial charge < -0.3 is 4.90 Å². The van der Waals surface area contributed by atoms with Gasteiger partial charge in [0.15, 0.2) is 0 Å². The molecule has 0 bridgehead atoms. The van der Waals surface area contributed by atoms with Gasteiger partial charge in [0.2, 0.25) is 5.91 Å². The van der Waals surface area contributed by atoms with Crippen LogP contribution in [-0.2, 0) is 17.8 Å². The van der Waals surface area contributed by atoms with Crippen molar-refractivity contribution in [2.24, 2.45) is 0 Å². The van der Waals surface area contributed by atoms with Crippen molar-refractivity contribution in [1.82, 2.24) is 4.90 Å². The number of hydrogen-bond acceptors (Lipinski definition) is 2. The number of benzene rings is 1. The minimum absolute atomic E-state index is 0.0205. The second-order valence-corrected chi connectivity index (χ2v) is 5.62. The Morgan fingerprint density at radius 3 is 2.95 bits per heavy atom. The standard InChI is InChI=1S/C16H15NOS/c1-2-16(18)17-8-7-12-5-6-13(10-14(12)11-17)15-4-3-9-19-15/h2-6,9-10H,1,7-8,11H2. The van der Waals surface area contributed by atoms with E-state index < -0.39 is 0 Å². The lowest BCUT2D eigenvalue weighted by molar-refractivity contribution is -0.126. The first kappa shape index (κ1) is 12.2. The van der Waals surface area contributed by atoms with Crippen LogP contribution < -0.4 is 0 Å². The summed E-state index contributed by atoms with van der Waals surface area (Å²) in [5.41, 5.74) is 3.85. The van der Waals surface area contributed by atoms with Crippen LogP contribution in [0.3, 0.4) is 0 Å². The number of carbonyl (C=O) groups excluding carboxylic acids is 1. The molecule has 1 aromatic heterocycles. The molecule has 3 heteroatoms. The van der Waals surface area contributed by atoms with Gasteiger partial charge in [0.1, 0.15) is 0 Å². The van der Waals surface area contributed by atoms with Crippen molar-refractivity contribution >= 4 is 17.2 Å². The van der Waals surface area contributed by atoms with Crippen LogP contribution in [0.15, 0.2) is 48.4 Å². The molecular weight excluding hydrogens is 254 g/mol. The highest BCUT2D eigenvalue weighted by Crippen LogP contribution is 2.29. The molecular formula is C16H15NOS. The molecule has 1 aromatic carbocycles. The molecule has 1 aliphatic heterocycles. The van der Waals surface area contributed by atoms with Gasteiger partial charge in [-0.05, 0) is 46.7 Å². The summed E-state index contributed by atoms with van der Waals surface area (Å²) in [6.07, 6.45) is 2.33. The Hall–Kier alpha value is -1.87. The molecule has 0 aliphatic carbocycles. The molecule has 0 N–H and O–H groups in total. The van der Waals surface area contributed by atoms with Gasteiger partial charge in [-0.2, -0.15) is 0 Å². The minimum Gasteiger partial charge on any atom is -0.335 e. The molecule has 0 saturated carbocycles. The van der Waals surface area contributed by atoms with Crippen LogP contribution in [0.1, 0.15) is 11.1 Å². The molecule has 0 atom stereocenters. The number of nitrogens with zero attached hydrogens (tertiary/aromatic N) is 1. The van der Waals surface area contributed by atoms with Crippen LogP contribution in [-0.4, -0.2) is 17.4 Å². The highest BCUT2D eigenvalue weighted by atomic mass is 32.1. The van der Waals surface area contributed by atoms with Crippen LogP contribution >= 0.6 is 11.3 Å². The average molecular weight is 269 g/mol. The molecule has 1 aliphatic rings. The first-order valence-electron chi connectivity index (χ1n) is 6.35. The van der Waals surface area contributed by atoms with Gasteiger partial charge >= 0.3 is 0 Å². The van der Waals surface area contributed by atoms with E-state index in [9.17, 15) is 4.79 Å². The predicted octanol–water partition coefficient (Wildman–Crippen LogP) is 3.49. The third-order valence-electron chi connectivity index (χ3n) is 3.51. The normalized spacial score (nSPS) is 14.0. The largest absolute Gasteiger partial charge is 0.335 e. The molecule has 3 rings (SSSR count). The fraction of sp³-hybridized carbons (Fsp3) is 0.188. The third-order valence-corrected chi connectivity index (χ3v) is 4.43. The zero-order valence-corrected chi connectivity index (χ0v) is 11.5. The Balaban J connectivity index is 1.92. The van der Waals surface area contributed by atoms with E-state index in [-0.39, 0.29) is 5.91 Å². The van der Waals surface area contributed by atoms with Gasteiger partial charge in [0.25, 0.3) is 0 Å². The number of fused-ring (bicyclic) bond motifs is 1. The number of amides is 1. The molecule has 2 heterocycles. The van der Waals surface area contributed by atoms with Crippen LogP contribution in [0.25, 0.3) is 10.4 Å². The van der Waals surface area contributed by atoms with Crippen molar-refractivity contribution < 1.29 is 4.79 Å². The number of thiophene rings is 1. The number of carbonyl (C=O) groups is 1. The monoisotopic (exact) mass is 269 g/mol. The maximum Gasteiger partial charge on any atom is 0.246 e. The van der Waals surface area contributed by atoms with Crippen LogP contribution in [0.5, 0.6) is 0 Å². The summed E-state index contributed by atoms with van der Waals surface area (Å²) in [6, 6.07) is 10.8. The smallest absolute Gasteiger partial charge is 0.246 e.